The van der Waals surface area contributed by atoms with Crippen LogP contribution in [0.15, 0.2) is 47.8 Å². The molecule has 7 heteroatoms. The van der Waals surface area contributed by atoms with E-state index >= 15 is 0 Å². The molecular weight excluding hydrogens is 328 g/mol. The van der Waals surface area contributed by atoms with Gasteiger partial charge in [0.1, 0.15) is 6.54 Å². The van der Waals surface area contributed by atoms with Gasteiger partial charge in [0.15, 0.2) is 6.10 Å². The third-order valence-electron chi connectivity index (χ3n) is 3.13. The second-order valence-corrected chi connectivity index (χ2v) is 5.94. The summed E-state index contributed by atoms with van der Waals surface area (Å²) in [5.74, 6) is -1.40. The Morgan fingerprint density at radius 3 is 2.50 bits per heavy atom. The van der Waals surface area contributed by atoms with Gasteiger partial charge in [-0.25, -0.2) is 0 Å². The fourth-order valence-corrected chi connectivity index (χ4v) is 2.51. The van der Waals surface area contributed by atoms with Crippen molar-refractivity contribution in [2.24, 2.45) is 0 Å². The van der Waals surface area contributed by atoms with Crippen molar-refractivity contribution in [3.8, 4) is 0 Å². The molecule has 126 valence electrons. The summed E-state index contributed by atoms with van der Waals surface area (Å²) in [5.41, 5.74) is 0.951. The first-order chi connectivity index (χ1) is 11.6. The van der Waals surface area contributed by atoms with Gasteiger partial charge in [0.25, 0.3) is 11.8 Å². The second kappa shape index (κ2) is 8.83. The summed E-state index contributed by atoms with van der Waals surface area (Å²) in [7, 11) is 0. The van der Waals surface area contributed by atoms with Gasteiger partial charge in [-0.2, -0.15) is 0 Å². The maximum Gasteiger partial charge on any atom is 0.326 e. The maximum absolute atomic E-state index is 11.9. The quantitative estimate of drug-likeness (QED) is 0.748. The van der Waals surface area contributed by atoms with Gasteiger partial charge < -0.3 is 15.4 Å². The third-order valence-corrected chi connectivity index (χ3v) is 3.99. The molecule has 0 radical (unpaired) electrons. The molecule has 0 saturated carbocycles. The summed E-state index contributed by atoms with van der Waals surface area (Å²) in [6, 6.07) is 12.8. The number of rotatable bonds is 7. The normalized spacial score (nSPS) is 11.4. The number of ether oxygens (including phenoxy) is 1. The predicted molar refractivity (Wildman–Crippen MR) is 90.5 cm³/mol. The molecule has 0 aliphatic carbocycles. The molecule has 2 N–H and O–H groups in total. The average molecular weight is 346 g/mol. The van der Waals surface area contributed by atoms with E-state index in [4.69, 9.17) is 4.74 Å². The Labute approximate surface area is 143 Å². The van der Waals surface area contributed by atoms with Crippen molar-refractivity contribution in [2.45, 2.75) is 19.6 Å². The van der Waals surface area contributed by atoms with Gasteiger partial charge in [-0.3, -0.25) is 14.4 Å². The Morgan fingerprint density at radius 2 is 1.83 bits per heavy atom. The molecule has 0 fully saturated rings. The summed E-state index contributed by atoms with van der Waals surface area (Å²) >= 11 is 1.28. The first kappa shape index (κ1) is 17.7. The van der Waals surface area contributed by atoms with E-state index in [0.29, 0.717) is 11.4 Å². The molecule has 24 heavy (non-hydrogen) atoms. The van der Waals surface area contributed by atoms with Crippen molar-refractivity contribution >= 4 is 29.1 Å². The van der Waals surface area contributed by atoms with Crippen LogP contribution >= 0.6 is 11.3 Å². The lowest BCUT2D eigenvalue weighted by atomic mass is 10.2. The van der Waals surface area contributed by atoms with Gasteiger partial charge in [-0.05, 0) is 23.9 Å². The molecule has 2 aromatic rings. The van der Waals surface area contributed by atoms with E-state index in [1.807, 2.05) is 30.3 Å². The fourth-order valence-electron chi connectivity index (χ4n) is 1.87. The highest BCUT2D eigenvalue weighted by molar-refractivity contribution is 7.12. The highest BCUT2D eigenvalue weighted by Gasteiger charge is 2.18. The van der Waals surface area contributed by atoms with Gasteiger partial charge in [0.05, 0.1) is 4.88 Å². The molecule has 2 rings (SSSR count). The van der Waals surface area contributed by atoms with E-state index in [2.05, 4.69) is 10.6 Å². The molecule has 6 nitrogen and oxygen atoms in total. The molecular formula is C17H18N2O4S. The Balaban J connectivity index is 1.70. The Kier molecular flexibility index (Phi) is 6.51. The number of amides is 2. The summed E-state index contributed by atoms with van der Waals surface area (Å²) < 4.78 is 5.01. The lowest BCUT2D eigenvalue weighted by Gasteiger charge is -2.13. The Hall–Kier alpha value is -2.67. The lowest BCUT2D eigenvalue weighted by Crippen LogP contribution is -2.38. The van der Waals surface area contributed by atoms with Gasteiger partial charge in [-0.1, -0.05) is 36.4 Å². The Morgan fingerprint density at radius 1 is 1.08 bits per heavy atom. The first-order valence-corrected chi connectivity index (χ1v) is 8.27. The van der Waals surface area contributed by atoms with Crippen LogP contribution in [0.1, 0.15) is 22.2 Å². The number of carbonyl (C=O) groups is 3. The first-order valence-electron chi connectivity index (χ1n) is 7.39. The van der Waals surface area contributed by atoms with Crippen molar-refractivity contribution in [2.75, 3.05) is 6.54 Å². The molecule has 1 atom stereocenters. The van der Waals surface area contributed by atoms with Gasteiger partial charge >= 0.3 is 5.97 Å². The van der Waals surface area contributed by atoms with Crippen molar-refractivity contribution in [3.05, 3.63) is 58.3 Å². The van der Waals surface area contributed by atoms with E-state index < -0.39 is 18.0 Å². The monoisotopic (exact) mass is 346 g/mol. The van der Waals surface area contributed by atoms with Crippen LogP contribution in [0.2, 0.25) is 0 Å². The molecule has 2 amide bonds. The van der Waals surface area contributed by atoms with E-state index in [-0.39, 0.29) is 12.5 Å². The molecule has 0 saturated heterocycles. The van der Waals surface area contributed by atoms with Crippen molar-refractivity contribution in [1.82, 2.24) is 10.6 Å². The largest absolute Gasteiger partial charge is 0.451 e. The van der Waals surface area contributed by atoms with E-state index in [0.717, 1.165) is 5.56 Å². The number of nitrogens with one attached hydrogen (secondary N) is 2. The number of esters is 1. The van der Waals surface area contributed by atoms with Gasteiger partial charge in [-0.15, -0.1) is 11.3 Å². The molecule has 0 spiro atoms. The summed E-state index contributed by atoms with van der Waals surface area (Å²) in [6.07, 6.45) is -0.931. The van der Waals surface area contributed by atoms with Crippen LogP contribution in [0.3, 0.4) is 0 Å². The number of thiophene rings is 1. The minimum absolute atomic E-state index is 0.285. The van der Waals surface area contributed by atoms with Crippen molar-refractivity contribution in [3.63, 3.8) is 0 Å². The van der Waals surface area contributed by atoms with Crippen LogP contribution in [0.25, 0.3) is 0 Å². The number of benzene rings is 1. The van der Waals surface area contributed by atoms with Crippen LogP contribution < -0.4 is 10.6 Å². The molecule has 0 aliphatic rings. The van der Waals surface area contributed by atoms with Gasteiger partial charge in [0, 0.05) is 6.54 Å². The summed E-state index contributed by atoms with van der Waals surface area (Å²) in [4.78, 5) is 35.8. The van der Waals surface area contributed by atoms with Crippen LogP contribution in [-0.2, 0) is 20.9 Å². The molecule has 0 bridgehead atoms. The molecule has 1 heterocycles. The molecule has 0 aliphatic heterocycles. The zero-order valence-electron chi connectivity index (χ0n) is 13.2. The number of carbonyl (C=O) groups excluding carboxylic acids is 3. The second-order valence-electron chi connectivity index (χ2n) is 5.00. The van der Waals surface area contributed by atoms with Crippen LogP contribution in [0.4, 0.5) is 0 Å². The zero-order valence-corrected chi connectivity index (χ0v) is 14.0. The van der Waals surface area contributed by atoms with Gasteiger partial charge in [0.2, 0.25) is 0 Å². The van der Waals surface area contributed by atoms with E-state index in [1.54, 1.807) is 17.5 Å². The zero-order chi connectivity index (χ0) is 17.4. The van der Waals surface area contributed by atoms with E-state index in [9.17, 15) is 14.4 Å². The molecule has 0 unspecified atom stereocenters. The topological polar surface area (TPSA) is 84.5 Å². The Bertz CT molecular complexity index is 686. The lowest BCUT2D eigenvalue weighted by molar-refractivity contribution is -0.153. The van der Waals surface area contributed by atoms with Crippen LogP contribution in [0, 0.1) is 0 Å². The highest BCUT2D eigenvalue weighted by Crippen LogP contribution is 2.07. The van der Waals surface area contributed by atoms with Crippen molar-refractivity contribution in [1.29, 1.82) is 0 Å². The standard InChI is InChI=1S/C17H18N2O4S/c1-12(16(21)18-10-13-6-3-2-4-7-13)23-15(20)11-19-17(22)14-8-5-9-24-14/h2-9,12H,10-11H2,1H3,(H,18,21)(H,19,22)/t12-/m1/s1. The fraction of sp³-hybridized carbons (Fsp3) is 0.235. The summed E-state index contributed by atoms with van der Waals surface area (Å²) in [6.45, 7) is 1.56. The summed E-state index contributed by atoms with van der Waals surface area (Å²) in [5, 5.41) is 6.91. The average Bonchev–Trinajstić information content (AvgIpc) is 3.13. The maximum atomic E-state index is 11.9. The third kappa shape index (κ3) is 5.51. The van der Waals surface area contributed by atoms with Crippen LogP contribution in [-0.4, -0.2) is 30.4 Å². The van der Waals surface area contributed by atoms with Crippen LogP contribution in [0.5, 0.6) is 0 Å². The molecule has 1 aromatic carbocycles. The smallest absolute Gasteiger partial charge is 0.326 e. The van der Waals surface area contributed by atoms with E-state index in [1.165, 1.54) is 18.3 Å². The number of hydrogen-bond acceptors (Lipinski definition) is 5. The minimum atomic E-state index is -0.931. The minimum Gasteiger partial charge on any atom is -0.451 e. The number of hydrogen-bond donors (Lipinski definition) is 2. The van der Waals surface area contributed by atoms with Crippen molar-refractivity contribution < 1.29 is 19.1 Å². The SMILES string of the molecule is C[C@@H](OC(=O)CNC(=O)c1cccs1)C(=O)NCc1ccccc1. The predicted octanol–water partition coefficient (Wildman–Crippen LogP) is 1.73. The highest BCUT2D eigenvalue weighted by atomic mass is 32.1. The molecule has 1 aromatic heterocycles.